The van der Waals surface area contributed by atoms with Crippen molar-refractivity contribution in [3.8, 4) is 0 Å². The molecule has 1 aromatic heterocycles. The Morgan fingerprint density at radius 3 is 2.89 bits per heavy atom. The molecule has 1 aromatic carbocycles. The van der Waals surface area contributed by atoms with Crippen LogP contribution in [0.1, 0.15) is 32.3 Å². The zero-order chi connectivity index (χ0) is 13.0. The summed E-state index contributed by atoms with van der Waals surface area (Å²) >= 11 is 1.69. The molecule has 0 radical (unpaired) electrons. The van der Waals surface area contributed by atoms with Crippen molar-refractivity contribution < 1.29 is 9.53 Å². The topological polar surface area (TPSA) is 26.3 Å². The van der Waals surface area contributed by atoms with Gasteiger partial charge >= 0.3 is 5.97 Å². The standard InChI is InChI=1S/C15H18O2S/c1-11(2)7-8-15(16)17-9-12-10-18-14-6-4-3-5-13(12)14/h3-6,10-11H,7-9H2,1-2H3. The van der Waals surface area contributed by atoms with Crippen molar-refractivity contribution in [3.05, 3.63) is 35.2 Å². The van der Waals surface area contributed by atoms with E-state index in [2.05, 4.69) is 31.4 Å². The maximum atomic E-state index is 11.6. The summed E-state index contributed by atoms with van der Waals surface area (Å²) < 4.78 is 6.55. The minimum absolute atomic E-state index is 0.0982. The second-order valence-electron chi connectivity index (χ2n) is 4.85. The summed E-state index contributed by atoms with van der Waals surface area (Å²) in [6.45, 7) is 4.61. The molecule has 2 rings (SSSR count). The Balaban J connectivity index is 1.92. The number of thiophene rings is 1. The van der Waals surface area contributed by atoms with Crippen LogP contribution < -0.4 is 0 Å². The van der Waals surface area contributed by atoms with Crippen molar-refractivity contribution in [2.24, 2.45) is 5.92 Å². The molecular weight excluding hydrogens is 244 g/mol. The molecule has 0 saturated carbocycles. The first-order valence-electron chi connectivity index (χ1n) is 6.27. The fourth-order valence-corrected chi connectivity index (χ4v) is 2.73. The fourth-order valence-electron chi connectivity index (χ4n) is 1.78. The highest BCUT2D eigenvalue weighted by molar-refractivity contribution is 7.17. The Hall–Kier alpha value is -1.35. The molecule has 0 bridgehead atoms. The highest BCUT2D eigenvalue weighted by atomic mass is 32.1. The number of hydrogen-bond donors (Lipinski definition) is 0. The molecule has 0 N–H and O–H groups in total. The van der Waals surface area contributed by atoms with E-state index in [0.717, 1.165) is 12.0 Å². The van der Waals surface area contributed by atoms with Crippen molar-refractivity contribution >= 4 is 27.4 Å². The largest absolute Gasteiger partial charge is 0.461 e. The van der Waals surface area contributed by atoms with Gasteiger partial charge < -0.3 is 4.74 Å². The van der Waals surface area contributed by atoms with E-state index in [1.807, 2.05) is 12.1 Å². The smallest absolute Gasteiger partial charge is 0.306 e. The van der Waals surface area contributed by atoms with Crippen LogP contribution in [0.2, 0.25) is 0 Å². The van der Waals surface area contributed by atoms with E-state index in [1.54, 1.807) is 11.3 Å². The summed E-state index contributed by atoms with van der Waals surface area (Å²) in [5.74, 6) is 0.443. The fraction of sp³-hybridized carbons (Fsp3) is 0.400. The van der Waals surface area contributed by atoms with Gasteiger partial charge in [0.2, 0.25) is 0 Å². The average molecular weight is 262 g/mol. The predicted molar refractivity (Wildman–Crippen MR) is 75.7 cm³/mol. The van der Waals surface area contributed by atoms with E-state index >= 15 is 0 Å². The Morgan fingerprint density at radius 1 is 1.33 bits per heavy atom. The van der Waals surface area contributed by atoms with E-state index in [-0.39, 0.29) is 5.97 Å². The molecule has 0 unspecified atom stereocenters. The molecule has 0 aliphatic carbocycles. The number of rotatable bonds is 5. The van der Waals surface area contributed by atoms with Crippen molar-refractivity contribution in [3.63, 3.8) is 0 Å². The lowest BCUT2D eigenvalue weighted by Crippen LogP contribution is -2.05. The number of hydrogen-bond acceptors (Lipinski definition) is 3. The van der Waals surface area contributed by atoms with Gasteiger partial charge in [0.05, 0.1) is 0 Å². The van der Waals surface area contributed by atoms with E-state index in [1.165, 1.54) is 10.1 Å². The number of esters is 1. The monoisotopic (exact) mass is 262 g/mol. The van der Waals surface area contributed by atoms with Crippen LogP contribution in [-0.2, 0) is 16.1 Å². The summed E-state index contributed by atoms with van der Waals surface area (Å²) in [6, 6.07) is 8.20. The van der Waals surface area contributed by atoms with Crippen molar-refractivity contribution in [2.45, 2.75) is 33.3 Å². The zero-order valence-corrected chi connectivity index (χ0v) is 11.6. The highest BCUT2D eigenvalue weighted by Crippen LogP contribution is 2.26. The zero-order valence-electron chi connectivity index (χ0n) is 10.8. The number of carbonyl (C=O) groups excluding carboxylic acids is 1. The Bertz CT molecular complexity index is 528. The highest BCUT2D eigenvalue weighted by Gasteiger charge is 2.08. The van der Waals surface area contributed by atoms with Gasteiger partial charge in [-0.1, -0.05) is 32.0 Å². The molecule has 0 spiro atoms. The first-order chi connectivity index (χ1) is 8.66. The van der Waals surface area contributed by atoms with Gasteiger partial charge in [0.15, 0.2) is 0 Å². The Morgan fingerprint density at radius 2 is 2.11 bits per heavy atom. The van der Waals surface area contributed by atoms with E-state index in [9.17, 15) is 4.79 Å². The predicted octanol–water partition coefficient (Wildman–Crippen LogP) is 4.38. The van der Waals surface area contributed by atoms with Crippen LogP contribution in [0.15, 0.2) is 29.6 Å². The van der Waals surface area contributed by atoms with Gasteiger partial charge in [0.25, 0.3) is 0 Å². The molecular formula is C15H18O2S. The summed E-state index contributed by atoms with van der Waals surface area (Å²) in [6.07, 6.45) is 1.41. The first-order valence-corrected chi connectivity index (χ1v) is 7.15. The van der Waals surface area contributed by atoms with Gasteiger partial charge in [-0.25, -0.2) is 0 Å². The molecule has 0 amide bonds. The van der Waals surface area contributed by atoms with Gasteiger partial charge in [-0.05, 0) is 29.2 Å². The third-order valence-corrected chi connectivity index (χ3v) is 3.89. The van der Waals surface area contributed by atoms with Crippen LogP contribution in [0.25, 0.3) is 10.1 Å². The van der Waals surface area contributed by atoms with Gasteiger partial charge in [-0.3, -0.25) is 4.79 Å². The van der Waals surface area contributed by atoms with E-state index in [4.69, 9.17) is 4.74 Å². The second kappa shape index (κ2) is 6.01. The minimum atomic E-state index is -0.0982. The van der Waals surface area contributed by atoms with E-state index in [0.29, 0.717) is 18.9 Å². The van der Waals surface area contributed by atoms with Gasteiger partial charge in [0.1, 0.15) is 6.61 Å². The summed E-state index contributed by atoms with van der Waals surface area (Å²) in [4.78, 5) is 11.6. The molecule has 2 aromatic rings. The number of carbonyl (C=O) groups is 1. The van der Waals surface area contributed by atoms with Gasteiger partial charge in [0, 0.05) is 16.7 Å². The minimum Gasteiger partial charge on any atom is -0.461 e. The second-order valence-corrected chi connectivity index (χ2v) is 5.76. The summed E-state index contributed by atoms with van der Waals surface area (Å²) in [7, 11) is 0. The average Bonchev–Trinajstić information content (AvgIpc) is 2.77. The first kappa shape index (κ1) is 13.1. The lowest BCUT2D eigenvalue weighted by Gasteiger charge is -2.05. The molecule has 0 aliphatic rings. The van der Waals surface area contributed by atoms with Crippen LogP contribution in [0.5, 0.6) is 0 Å². The molecule has 0 aliphatic heterocycles. The van der Waals surface area contributed by atoms with Gasteiger partial charge in [-0.15, -0.1) is 11.3 Å². The van der Waals surface area contributed by atoms with E-state index < -0.39 is 0 Å². The van der Waals surface area contributed by atoms with Crippen LogP contribution in [-0.4, -0.2) is 5.97 Å². The Kier molecular flexibility index (Phi) is 4.37. The SMILES string of the molecule is CC(C)CCC(=O)OCc1csc2ccccc12. The van der Waals surface area contributed by atoms with Crippen molar-refractivity contribution in [2.75, 3.05) is 0 Å². The number of fused-ring (bicyclic) bond motifs is 1. The van der Waals surface area contributed by atoms with Crippen molar-refractivity contribution in [1.29, 1.82) is 0 Å². The van der Waals surface area contributed by atoms with Crippen LogP contribution >= 0.6 is 11.3 Å². The van der Waals surface area contributed by atoms with Crippen LogP contribution in [0, 0.1) is 5.92 Å². The summed E-state index contributed by atoms with van der Waals surface area (Å²) in [5.41, 5.74) is 1.11. The molecule has 3 heteroatoms. The molecule has 96 valence electrons. The summed E-state index contributed by atoms with van der Waals surface area (Å²) in [5, 5.41) is 3.26. The molecule has 0 saturated heterocycles. The van der Waals surface area contributed by atoms with Crippen LogP contribution in [0.3, 0.4) is 0 Å². The molecule has 18 heavy (non-hydrogen) atoms. The number of ether oxygens (including phenoxy) is 1. The molecule has 0 atom stereocenters. The molecule has 0 fully saturated rings. The molecule has 2 nitrogen and oxygen atoms in total. The normalized spacial score (nSPS) is 11.1. The lowest BCUT2D eigenvalue weighted by molar-refractivity contribution is -0.145. The molecule has 1 heterocycles. The third-order valence-electron chi connectivity index (χ3n) is 2.88. The quantitative estimate of drug-likeness (QED) is 0.747. The number of benzene rings is 1. The van der Waals surface area contributed by atoms with Gasteiger partial charge in [-0.2, -0.15) is 0 Å². The lowest BCUT2D eigenvalue weighted by atomic mass is 10.1. The Labute approximate surface area is 112 Å². The van der Waals surface area contributed by atoms with Crippen molar-refractivity contribution in [1.82, 2.24) is 0 Å². The maximum Gasteiger partial charge on any atom is 0.306 e. The maximum absolute atomic E-state index is 11.6. The third kappa shape index (κ3) is 3.33. The van der Waals surface area contributed by atoms with Crippen LogP contribution in [0.4, 0.5) is 0 Å².